The Hall–Kier alpha value is -3.65. The fourth-order valence-electron chi connectivity index (χ4n) is 2.95. The number of carbonyl (C=O) groups is 1. The van der Waals surface area contributed by atoms with Crippen molar-refractivity contribution in [3.8, 4) is 16.9 Å². The fraction of sp³-hybridized carbons (Fsp3) is 0.125. The summed E-state index contributed by atoms with van der Waals surface area (Å²) in [7, 11) is 1.86. The molecule has 33 heavy (non-hydrogen) atoms. The summed E-state index contributed by atoms with van der Waals surface area (Å²) in [6.45, 7) is 1.97. The van der Waals surface area contributed by atoms with Crippen LogP contribution in [0.3, 0.4) is 0 Å². The van der Waals surface area contributed by atoms with Gasteiger partial charge in [-0.05, 0) is 37.3 Å². The number of hydrogen-bond acceptors (Lipinski definition) is 4. The van der Waals surface area contributed by atoms with Gasteiger partial charge in [0, 0.05) is 23.9 Å². The Morgan fingerprint density at radius 1 is 1.00 bits per heavy atom. The lowest BCUT2D eigenvalue weighted by Gasteiger charge is -2.09. The van der Waals surface area contributed by atoms with Crippen molar-refractivity contribution >= 4 is 23.7 Å². The lowest BCUT2D eigenvalue weighted by atomic mass is 10.1. The molecular weight excluding hydrogens is 453 g/mol. The highest BCUT2D eigenvalue weighted by molar-refractivity contribution is 6.32. The smallest absolute Gasteiger partial charge is 0.373 e. The minimum absolute atomic E-state index is 0.230. The Labute approximate surface area is 193 Å². The van der Waals surface area contributed by atoms with E-state index in [9.17, 15) is 18.0 Å². The van der Waals surface area contributed by atoms with E-state index >= 15 is 0 Å². The largest absolute Gasteiger partial charge is 0.435 e. The van der Waals surface area contributed by atoms with Crippen LogP contribution in [0.15, 0.2) is 72.8 Å². The molecule has 0 unspecified atom stereocenters. The Morgan fingerprint density at radius 3 is 2.24 bits per heavy atom. The summed E-state index contributed by atoms with van der Waals surface area (Å²) in [5.74, 6) is 0.926. The average molecular weight is 473 g/mol. The molecule has 0 amide bonds. The van der Waals surface area contributed by atoms with Crippen LogP contribution < -0.4 is 5.32 Å². The first kappa shape index (κ1) is 24.0. The average Bonchev–Trinajstić information content (AvgIpc) is 3.26. The Morgan fingerprint density at radius 2 is 1.70 bits per heavy atom. The fourth-order valence-corrected chi connectivity index (χ4v) is 3.16. The van der Waals surface area contributed by atoms with E-state index < -0.39 is 11.9 Å². The van der Waals surface area contributed by atoms with Crippen LogP contribution in [0.1, 0.15) is 21.7 Å². The van der Waals surface area contributed by atoms with Crippen LogP contribution in [0.5, 0.6) is 0 Å². The predicted molar refractivity (Wildman–Crippen MR) is 123 cm³/mol. The minimum atomic E-state index is -4.58. The monoisotopic (exact) mass is 472 g/mol. The number of aryl methyl sites for hydroxylation is 1. The highest BCUT2D eigenvalue weighted by Crippen LogP contribution is 2.34. The van der Waals surface area contributed by atoms with E-state index in [2.05, 4.69) is 15.4 Å². The van der Waals surface area contributed by atoms with E-state index in [0.717, 1.165) is 22.3 Å². The van der Waals surface area contributed by atoms with Crippen LogP contribution in [0, 0.1) is 6.92 Å². The summed E-state index contributed by atoms with van der Waals surface area (Å²) in [6.07, 6.45) is -3.92. The summed E-state index contributed by atoms with van der Waals surface area (Å²) in [6, 6.07) is 19.5. The first-order chi connectivity index (χ1) is 15.7. The SMILES string of the molecule is CNc1cccc(C)n1.O=Cc1ccc(-c2cc(C(F)(F)F)nn2-c2ccccc2Cl)cc1. The number of alkyl halides is 3. The number of aromatic nitrogens is 3. The van der Waals surface area contributed by atoms with Crippen LogP contribution in [0.25, 0.3) is 16.9 Å². The molecule has 0 saturated carbocycles. The Kier molecular flexibility index (Phi) is 7.50. The number of nitrogens with one attached hydrogen (secondary N) is 1. The molecule has 4 aromatic rings. The zero-order chi connectivity index (χ0) is 24.0. The summed E-state index contributed by atoms with van der Waals surface area (Å²) < 4.78 is 40.4. The Balaban J connectivity index is 0.000000286. The topological polar surface area (TPSA) is 59.8 Å². The number of rotatable bonds is 4. The van der Waals surface area contributed by atoms with Crippen LogP contribution in [-0.2, 0) is 6.18 Å². The summed E-state index contributed by atoms with van der Waals surface area (Å²) in [4.78, 5) is 14.9. The first-order valence-electron chi connectivity index (χ1n) is 9.82. The third-order valence-corrected chi connectivity index (χ3v) is 4.89. The zero-order valence-corrected chi connectivity index (χ0v) is 18.5. The van der Waals surface area contributed by atoms with Crippen molar-refractivity contribution in [2.45, 2.75) is 13.1 Å². The predicted octanol–water partition coefficient (Wildman–Crippen LogP) is 6.46. The third-order valence-electron chi connectivity index (χ3n) is 4.57. The highest BCUT2D eigenvalue weighted by Gasteiger charge is 2.35. The Bertz CT molecular complexity index is 1240. The number of carbonyl (C=O) groups excluding carboxylic acids is 1. The van der Waals surface area contributed by atoms with Gasteiger partial charge in [0.2, 0.25) is 0 Å². The van der Waals surface area contributed by atoms with Crippen molar-refractivity contribution in [3.63, 3.8) is 0 Å². The van der Waals surface area contributed by atoms with Crippen LogP contribution in [-0.4, -0.2) is 28.1 Å². The second-order valence-electron chi connectivity index (χ2n) is 6.93. The van der Waals surface area contributed by atoms with E-state index in [-0.39, 0.29) is 10.7 Å². The second-order valence-corrected chi connectivity index (χ2v) is 7.34. The maximum Gasteiger partial charge on any atom is 0.435 e. The molecule has 0 aliphatic carbocycles. The van der Waals surface area contributed by atoms with Gasteiger partial charge in [-0.2, -0.15) is 18.3 Å². The highest BCUT2D eigenvalue weighted by atomic mass is 35.5. The van der Waals surface area contributed by atoms with Crippen molar-refractivity contribution in [1.82, 2.24) is 14.8 Å². The van der Waals surface area contributed by atoms with Gasteiger partial charge in [-0.25, -0.2) is 9.67 Å². The maximum atomic E-state index is 13.1. The molecule has 2 heterocycles. The van der Waals surface area contributed by atoms with Crippen molar-refractivity contribution < 1.29 is 18.0 Å². The van der Waals surface area contributed by atoms with Crippen molar-refractivity contribution in [1.29, 1.82) is 0 Å². The number of hydrogen-bond donors (Lipinski definition) is 1. The minimum Gasteiger partial charge on any atom is -0.373 e. The van der Waals surface area contributed by atoms with Gasteiger partial charge in [0.1, 0.15) is 12.1 Å². The number of nitrogens with zero attached hydrogens (tertiary/aromatic N) is 3. The van der Waals surface area contributed by atoms with E-state index in [1.807, 2.05) is 32.2 Å². The molecule has 2 aromatic carbocycles. The molecule has 0 bridgehead atoms. The maximum absolute atomic E-state index is 13.1. The van der Waals surface area contributed by atoms with Gasteiger partial charge in [-0.3, -0.25) is 4.79 Å². The van der Waals surface area contributed by atoms with Gasteiger partial charge in [0.15, 0.2) is 5.69 Å². The summed E-state index contributed by atoms with van der Waals surface area (Å²) in [5, 5.41) is 6.90. The van der Waals surface area contributed by atoms with E-state index in [1.165, 1.54) is 12.1 Å². The molecule has 0 aliphatic heterocycles. The number of pyridine rings is 1. The van der Waals surface area contributed by atoms with Crippen molar-refractivity contribution in [3.05, 3.63) is 94.8 Å². The van der Waals surface area contributed by atoms with Gasteiger partial charge in [-0.1, -0.05) is 54.1 Å². The third kappa shape index (κ3) is 5.98. The van der Waals surface area contributed by atoms with Gasteiger partial charge < -0.3 is 5.32 Å². The van der Waals surface area contributed by atoms with Crippen LogP contribution in [0.2, 0.25) is 5.02 Å². The molecule has 0 atom stereocenters. The van der Waals surface area contributed by atoms with Gasteiger partial charge in [0.05, 0.1) is 16.4 Å². The number of aldehydes is 1. The zero-order valence-electron chi connectivity index (χ0n) is 17.8. The number of halogens is 4. The first-order valence-corrected chi connectivity index (χ1v) is 10.2. The van der Waals surface area contributed by atoms with E-state index in [4.69, 9.17) is 11.6 Å². The van der Waals surface area contributed by atoms with Gasteiger partial charge in [-0.15, -0.1) is 0 Å². The van der Waals surface area contributed by atoms with Crippen molar-refractivity contribution in [2.24, 2.45) is 0 Å². The molecule has 9 heteroatoms. The lowest BCUT2D eigenvalue weighted by molar-refractivity contribution is -0.141. The number of benzene rings is 2. The molecule has 0 aliphatic rings. The molecule has 5 nitrogen and oxygen atoms in total. The molecule has 0 radical (unpaired) electrons. The van der Waals surface area contributed by atoms with E-state index in [0.29, 0.717) is 23.1 Å². The summed E-state index contributed by atoms with van der Waals surface area (Å²) in [5.41, 5.74) is 1.51. The molecule has 4 rings (SSSR count). The molecule has 0 saturated heterocycles. The second kappa shape index (κ2) is 10.3. The quantitative estimate of drug-likeness (QED) is 0.346. The molecule has 2 aromatic heterocycles. The van der Waals surface area contributed by atoms with Crippen LogP contribution in [0.4, 0.5) is 19.0 Å². The van der Waals surface area contributed by atoms with Gasteiger partial charge >= 0.3 is 6.18 Å². The van der Waals surface area contributed by atoms with E-state index in [1.54, 1.807) is 36.4 Å². The number of para-hydroxylation sites is 1. The van der Waals surface area contributed by atoms with Gasteiger partial charge in [0.25, 0.3) is 0 Å². The molecular formula is C24H20ClF3N4O. The number of anilines is 1. The molecule has 0 spiro atoms. The summed E-state index contributed by atoms with van der Waals surface area (Å²) >= 11 is 6.10. The normalized spacial score (nSPS) is 10.8. The molecule has 1 N–H and O–H groups in total. The standard InChI is InChI=1S/C17H10ClF3N2O.C7H10N2/c18-13-3-1-2-4-14(13)23-15(9-16(22-23)17(19,20)21)12-7-5-11(10-24)6-8-12;1-6-4-3-5-7(8-2)9-6/h1-10H;3-5H,1-2H3,(H,8,9). The van der Waals surface area contributed by atoms with Crippen molar-refractivity contribution in [2.75, 3.05) is 12.4 Å². The van der Waals surface area contributed by atoms with Crippen LogP contribution >= 0.6 is 11.6 Å². The lowest BCUT2D eigenvalue weighted by Crippen LogP contribution is -2.07. The molecule has 170 valence electrons. The molecule has 0 fully saturated rings.